The fraction of sp³-hybridized carbons (Fsp3) is 0.583. The van der Waals surface area contributed by atoms with Gasteiger partial charge in [-0.05, 0) is 67.7 Å². The zero-order valence-electron chi connectivity index (χ0n) is 18.1. The molecule has 3 heterocycles. The van der Waals surface area contributed by atoms with Crippen LogP contribution in [-0.4, -0.2) is 61.1 Å². The fourth-order valence-electron chi connectivity index (χ4n) is 5.54. The first-order chi connectivity index (χ1) is 15.2. The van der Waals surface area contributed by atoms with Gasteiger partial charge >= 0.3 is 0 Å². The number of nitrogens with one attached hydrogen (secondary N) is 1. The molecule has 2 saturated heterocycles. The van der Waals surface area contributed by atoms with Crippen LogP contribution in [-0.2, 0) is 4.74 Å². The molecule has 0 unspecified atom stereocenters. The summed E-state index contributed by atoms with van der Waals surface area (Å²) in [6.07, 6.45) is 4.75. The molecule has 1 saturated carbocycles. The molecule has 1 aliphatic carbocycles. The van der Waals surface area contributed by atoms with Crippen molar-refractivity contribution in [2.45, 2.75) is 31.7 Å². The first-order valence-corrected chi connectivity index (χ1v) is 11.4. The summed E-state index contributed by atoms with van der Waals surface area (Å²) in [5.41, 5.74) is 1.49. The number of anilines is 1. The van der Waals surface area contributed by atoms with Crippen molar-refractivity contribution in [1.82, 2.24) is 15.1 Å². The van der Waals surface area contributed by atoms with E-state index in [0.717, 1.165) is 36.5 Å². The second-order valence-electron chi connectivity index (χ2n) is 9.26. The minimum absolute atomic E-state index is 0.264. The number of halogens is 1. The number of benzene rings is 1. The average Bonchev–Trinajstić information content (AvgIpc) is 3.33. The van der Waals surface area contributed by atoms with Crippen molar-refractivity contribution in [2.24, 2.45) is 17.8 Å². The topological polar surface area (TPSA) is 59.5 Å². The molecule has 6 nitrogen and oxygen atoms in total. The van der Waals surface area contributed by atoms with Gasteiger partial charge in [-0.3, -0.25) is 0 Å². The van der Waals surface area contributed by atoms with Crippen LogP contribution < -0.4 is 10.1 Å². The molecule has 0 amide bonds. The molecular weight excluding hydrogens is 395 g/mol. The van der Waals surface area contributed by atoms with Gasteiger partial charge in [0.25, 0.3) is 0 Å². The van der Waals surface area contributed by atoms with E-state index in [4.69, 9.17) is 9.47 Å². The Balaban J connectivity index is 1.18. The van der Waals surface area contributed by atoms with Gasteiger partial charge in [-0.25, -0.2) is 4.39 Å². The molecule has 0 bridgehead atoms. The molecule has 0 spiro atoms. The van der Waals surface area contributed by atoms with E-state index in [1.54, 1.807) is 19.2 Å². The number of rotatable bonds is 6. The monoisotopic (exact) mass is 426 g/mol. The predicted molar refractivity (Wildman–Crippen MR) is 118 cm³/mol. The van der Waals surface area contributed by atoms with Crippen LogP contribution in [0.5, 0.6) is 5.75 Å². The van der Waals surface area contributed by atoms with Crippen LogP contribution in [0.2, 0.25) is 0 Å². The lowest BCUT2D eigenvalue weighted by molar-refractivity contribution is 0.0545. The second-order valence-corrected chi connectivity index (χ2v) is 9.26. The van der Waals surface area contributed by atoms with Crippen molar-refractivity contribution in [1.29, 1.82) is 0 Å². The van der Waals surface area contributed by atoms with Crippen LogP contribution in [0.1, 0.15) is 25.7 Å². The first kappa shape index (κ1) is 20.6. The maximum absolute atomic E-state index is 13.2. The van der Waals surface area contributed by atoms with Crippen molar-refractivity contribution >= 4 is 5.82 Å². The van der Waals surface area contributed by atoms with Crippen molar-refractivity contribution in [3.8, 4) is 17.0 Å². The standard InChI is InChI=1S/C24H31FN4O2/c1-30-23-12-22(17-2-4-20(25)5-3-17)27-28-24(23)26-21-10-18-14-29(15-19(18)11-21)13-16-6-8-31-9-7-16/h2-5,12,16,18-19,21H,6-11,13-15H2,1H3,(H,26,28)/t18-,19+,21+. The predicted octanol–water partition coefficient (Wildman–Crippen LogP) is 3.84. The summed E-state index contributed by atoms with van der Waals surface area (Å²) in [5.74, 6) is 3.43. The lowest BCUT2D eigenvalue weighted by Crippen LogP contribution is -2.32. The highest BCUT2D eigenvalue weighted by Crippen LogP contribution is 2.40. The normalized spacial score (nSPS) is 26.7. The maximum atomic E-state index is 13.2. The average molecular weight is 427 g/mol. The lowest BCUT2D eigenvalue weighted by Gasteiger charge is -2.27. The molecule has 166 valence electrons. The molecular formula is C24H31FN4O2. The van der Waals surface area contributed by atoms with Gasteiger partial charge in [-0.2, -0.15) is 0 Å². The summed E-state index contributed by atoms with van der Waals surface area (Å²) < 4.78 is 24.3. The number of hydrogen-bond acceptors (Lipinski definition) is 6. The van der Waals surface area contributed by atoms with E-state index < -0.39 is 0 Å². The van der Waals surface area contributed by atoms with Crippen LogP contribution in [0.15, 0.2) is 30.3 Å². The number of methoxy groups -OCH3 is 1. The Bertz CT molecular complexity index is 874. The molecule has 3 atom stereocenters. The Labute approximate surface area is 183 Å². The van der Waals surface area contributed by atoms with Crippen molar-refractivity contribution in [2.75, 3.05) is 45.3 Å². The van der Waals surface area contributed by atoms with E-state index in [9.17, 15) is 4.39 Å². The van der Waals surface area contributed by atoms with Gasteiger partial charge in [0, 0.05) is 50.5 Å². The quantitative estimate of drug-likeness (QED) is 0.757. The van der Waals surface area contributed by atoms with Gasteiger partial charge < -0.3 is 19.7 Å². The molecule has 31 heavy (non-hydrogen) atoms. The number of ether oxygens (including phenoxy) is 2. The van der Waals surface area contributed by atoms with E-state index in [1.807, 2.05) is 6.07 Å². The molecule has 0 radical (unpaired) electrons. The van der Waals surface area contributed by atoms with E-state index >= 15 is 0 Å². The van der Waals surface area contributed by atoms with E-state index in [0.29, 0.717) is 23.3 Å². The highest BCUT2D eigenvalue weighted by Gasteiger charge is 2.41. The zero-order valence-corrected chi connectivity index (χ0v) is 18.1. The Morgan fingerprint density at radius 1 is 1.10 bits per heavy atom. The maximum Gasteiger partial charge on any atom is 0.191 e. The molecule has 3 fully saturated rings. The van der Waals surface area contributed by atoms with Gasteiger partial charge in [0.1, 0.15) is 5.82 Å². The largest absolute Gasteiger partial charge is 0.493 e. The Kier molecular flexibility index (Phi) is 6.05. The molecule has 2 aromatic rings. The minimum atomic E-state index is -0.264. The SMILES string of the molecule is COc1cc(-c2ccc(F)cc2)nnc1N[C@H]1C[C@@H]2CN(CC3CCOCC3)C[C@@H]2C1. The molecule has 1 aromatic heterocycles. The third-order valence-electron chi connectivity index (χ3n) is 7.14. The summed E-state index contributed by atoms with van der Waals surface area (Å²) >= 11 is 0. The lowest BCUT2D eigenvalue weighted by atomic mass is 10.00. The Morgan fingerprint density at radius 3 is 2.48 bits per heavy atom. The van der Waals surface area contributed by atoms with Crippen molar-refractivity contribution in [3.05, 3.63) is 36.1 Å². The highest BCUT2D eigenvalue weighted by atomic mass is 19.1. The number of fused-ring (bicyclic) bond motifs is 1. The van der Waals surface area contributed by atoms with E-state index in [2.05, 4.69) is 20.4 Å². The number of nitrogens with zero attached hydrogens (tertiary/aromatic N) is 3. The summed E-state index contributed by atoms with van der Waals surface area (Å²) in [6, 6.07) is 8.54. The van der Waals surface area contributed by atoms with Gasteiger partial charge in [0.05, 0.1) is 12.8 Å². The Hall–Kier alpha value is -2.25. The third-order valence-corrected chi connectivity index (χ3v) is 7.14. The second kappa shape index (κ2) is 9.09. The highest BCUT2D eigenvalue weighted by molar-refractivity contribution is 5.64. The molecule has 1 N–H and O–H groups in total. The van der Waals surface area contributed by atoms with Gasteiger partial charge in [0.15, 0.2) is 11.6 Å². The molecule has 7 heteroatoms. The van der Waals surface area contributed by atoms with Crippen LogP contribution in [0.4, 0.5) is 10.2 Å². The summed E-state index contributed by atoms with van der Waals surface area (Å²) in [4.78, 5) is 2.68. The van der Waals surface area contributed by atoms with E-state index in [1.165, 1.54) is 57.5 Å². The molecule has 2 aliphatic heterocycles. The van der Waals surface area contributed by atoms with Crippen LogP contribution in [0.3, 0.4) is 0 Å². The fourth-order valence-corrected chi connectivity index (χ4v) is 5.54. The number of hydrogen-bond donors (Lipinski definition) is 1. The van der Waals surface area contributed by atoms with E-state index in [-0.39, 0.29) is 5.82 Å². The van der Waals surface area contributed by atoms with Crippen LogP contribution in [0, 0.1) is 23.6 Å². The van der Waals surface area contributed by atoms with Crippen molar-refractivity contribution < 1.29 is 13.9 Å². The van der Waals surface area contributed by atoms with Crippen LogP contribution >= 0.6 is 0 Å². The Morgan fingerprint density at radius 2 is 1.81 bits per heavy atom. The number of likely N-dealkylation sites (tertiary alicyclic amines) is 1. The van der Waals surface area contributed by atoms with Gasteiger partial charge in [0.2, 0.25) is 0 Å². The summed E-state index contributed by atoms with van der Waals surface area (Å²) in [7, 11) is 1.65. The zero-order chi connectivity index (χ0) is 21.2. The third kappa shape index (κ3) is 4.67. The van der Waals surface area contributed by atoms with Crippen LogP contribution in [0.25, 0.3) is 11.3 Å². The smallest absolute Gasteiger partial charge is 0.191 e. The molecule has 5 rings (SSSR count). The molecule has 3 aliphatic rings. The van der Waals surface area contributed by atoms with Gasteiger partial charge in [-0.1, -0.05) is 0 Å². The first-order valence-electron chi connectivity index (χ1n) is 11.4. The number of aromatic nitrogens is 2. The summed E-state index contributed by atoms with van der Waals surface area (Å²) in [5, 5.41) is 12.3. The summed E-state index contributed by atoms with van der Waals surface area (Å²) in [6.45, 7) is 5.53. The van der Waals surface area contributed by atoms with Gasteiger partial charge in [-0.15, -0.1) is 10.2 Å². The molecule has 1 aromatic carbocycles. The van der Waals surface area contributed by atoms with Crippen molar-refractivity contribution in [3.63, 3.8) is 0 Å². The minimum Gasteiger partial charge on any atom is -0.493 e.